The van der Waals surface area contributed by atoms with Crippen LogP contribution in [0.1, 0.15) is 25.5 Å². The summed E-state index contributed by atoms with van der Waals surface area (Å²) in [5, 5.41) is 4.80. The van der Waals surface area contributed by atoms with Gasteiger partial charge in [0.2, 0.25) is 20.1 Å². The van der Waals surface area contributed by atoms with Crippen molar-refractivity contribution in [3.63, 3.8) is 0 Å². The van der Waals surface area contributed by atoms with Crippen molar-refractivity contribution in [3.05, 3.63) is 22.1 Å². The van der Waals surface area contributed by atoms with Crippen molar-refractivity contribution < 1.29 is 21.6 Å². The van der Waals surface area contributed by atoms with E-state index in [0.717, 1.165) is 6.26 Å². The summed E-state index contributed by atoms with van der Waals surface area (Å²) in [6, 6.07) is 0.693. The first-order valence-corrected chi connectivity index (χ1v) is 11.3. The highest BCUT2D eigenvalue weighted by atomic mass is 32.2. The van der Waals surface area contributed by atoms with Gasteiger partial charge in [0.1, 0.15) is 6.54 Å². The maximum Gasteiger partial charge on any atom is 0.402 e. The van der Waals surface area contributed by atoms with Crippen LogP contribution in [-0.4, -0.2) is 65.4 Å². The van der Waals surface area contributed by atoms with Gasteiger partial charge in [-0.05, 0) is 19.3 Å². The smallest absolute Gasteiger partial charge is 0.347 e. The molecule has 0 amide bonds. The van der Waals surface area contributed by atoms with Crippen LogP contribution in [0.4, 0.5) is 18.3 Å². The molecule has 156 valence electrons. The molecule has 3 heterocycles. The number of fused-ring (bicyclic) bond motifs is 1. The Morgan fingerprint density at radius 3 is 2.50 bits per heavy atom. The van der Waals surface area contributed by atoms with E-state index < -0.39 is 28.8 Å². The average molecular weight is 439 g/mol. The van der Waals surface area contributed by atoms with Gasteiger partial charge in [-0.25, -0.2) is 13.4 Å². The monoisotopic (exact) mass is 439 g/mol. The van der Waals surface area contributed by atoms with Crippen LogP contribution < -0.4 is 10.5 Å². The second-order valence-electron chi connectivity index (χ2n) is 6.66. The van der Waals surface area contributed by atoms with Crippen molar-refractivity contribution in [3.8, 4) is 0 Å². The number of hydrogen-bond acceptors (Lipinski definition) is 7. The lowest BCUT2D eigenvalue weighted by molar-refractivity contribution is -0.139. The summed E-state index contributed by atoms with van der Waals surface area (Å²) >= 11 is 1.23. The van der Waals surface area contributed by atoms with Gasteiger partial charge in [0.25, 0.3) is 5.56 Å². The summed E-state index contributed by atoms with van der Waals surface area (Å²) < 4.78 is 63.8. The Hall–Kier alpha value is -1.73. The summed E-state index contributed by atoms with van der Waals surface area (Å²) in [7, 11) is -3.99. The van der Waals surface area contributed by atoms with E-state index >= 15 is 0 Å². The fraction of sp³-hybridized carbons (Fsp3) is 0.667. The first kappa shape index (κ1) is 21.0. The van der Waals surface area contributed by atoms with Crippen LogP contribution in [0.3, 0.4) is 0 Å². The molecule has 0 atom stereocenters. The van der Waals surface area contributed by atoms with Gasteiger partial charge in [0.05, 0.1) is 6.26 Å². The highest BCUT2D eigenvalue weighted by Gasteiger charge is 2.39. The molecule has 13 heteroatoms. The van der Waals surface area contributed by atoms with Gasteiger partial charge in [-0.1, -0.05) is 18.3 Å². The van der Waals surface area contributed by atoms with Gasteiger partial charge in [0.15, 0.2) is 0 Å². The molecule has 0 aliphatic carbocycles. The summed E-state index contributed by atoms with van der Waals surface area (Å²) in [6.07, 6.45) is -2.72. The minimum atomic E-state index is -4.60. The number of alkyl halides is 3. The number of nitrogens with zero attached hydrogens (tertiary/aromatic N) is 5. The third-order valence-corrected chi connectivity index (χ3v) is 6.80. The molecule has 0 bridgehead atoms. The zero-order valence-electron chi connectivity index (χ0n) is 15.3. The quantitative estimate of drug-likeness (QED) is 0.702. The molecule has 0 aromatic carbocycles. The molecular weight excluding hydrogens is 419 g/mol. The second-order valence-corrected chi connectivity index (χ2v) is 9.53. The number of anilines is 1. The summed E-state index contributed by atoms with van der Waals surface area (Å²) in [5.74, 6) is 0. The number of piperidine rings is 1. The van der Waals surface area contributed by atoms with Crippen LogP contribution in [0, 0.1) is 0 Å². The Labute approximate surface area is 163 Å². The average Bonchev–Trinajstić information content (AvgIpc) is 3.03. The number of aromatic nitrogens is 3. The zero-order valence-corrected chi connectivity index (χ0v) is 16.9. The number of sulfonamides is 1. The molecule has 8 nitrogen and oxygen atoms in total. The van der Waals surface area contributed by atoms with Crippen LogP contribution in [0.25, 0.3) is 4.96 Å². The Morgan fingerprint density at radius 1 is 1.32 bits per heavy atom. The molecule has 1 saturated heterocycles. The van der Waals surface area contributed by atoms with Gasteiger partial charge in [-0.3, -0.25) is 4.79 Å². The molecule has 3 rings (SSSR count). The Bertz CT molecular complexity index is 1010. The molecule has 0 radical (unpaired) electrons. The van der Waals surface area contributed by atoms with Gasteiger partial charge in [0, 0.05) is 30.9 Å². The molecule has 28 heavy (non-hydrogen) atoms. The summed E-state index contributed by atoms with van der Waals surface area (Å²) in [6.45, 7) is 1.07. The molecular formula is C15H20F3N5O3S2. The van der Waals surface area contributed by atoms with Crippen molar-refractivity contribution in [2.45, 2.75) is 38.4 Å². The van der Waals surface area contributed by atoms with E-state index in [1.54, 1.807) is 0 Å². The number of aryl methyl sites for hydroxylation is 1. The van der Waals surface area contributed by atoms with Crippen molar-refractivity contribution in [2.75, 3.05) is 30.8 Å². The zero-order chi connectivity index (χ0) is 20.7. The molecule has 0 N–H and O–H groups in total. The van der Waals surface area contributed by atoms with Crippen molar-refractivity contribution in [2.24, 2.45) is 0 Å². The molecule has 1 fully saturated rings. The van der Waals surface area contributed by atoms with Crippen molar-refractivity contribution >= 4 is 31.5 Å². The van der Waals surface area contributed by atoms with Crippen molar-refractivity contribution in [1.29, 1.82) is 0 Å². The molecule has 0 saturated carbocycles. The van der Waals surface area contributed by atoms with Crippen LogP contribution in [-0.2, 0) is 16.4 Å². The first-order chi connectivity index (χ1) is 13.0. The van der Waals surface area contributed by atoms with Gasteiger partial charge >= 0.3 is 6.18 Å². The van der Waals surface area contributed by atoms with E-state index in [4.69, 9.17) is 0 Å². The molecule has 2 aromatic heterocycles. The standard InChI is InChI=1S/C15H20F3N5O3S2/c1-3-10-8-12(24)23-13(19-10)27-14(20-23)21-6-4-11(5-7-21)22(28(2,25)26)9-15(16,17)18/h8,11H,3-7,9H2,1-2H3. The largest absolute Gasteiger partial charge is 0.402 e. The van der Waals surface area contributed by atoms with E-state index in [9.17, 15) is 26.4 Å². The van der Waals surface area contributed by atoms with Gasteiger partial charge < -0.3 is 4.90 Å². The van der Waals surface area contributed by atoms with Crippen LogP contribution in [0.5, 0.6) is 0 Å². The predicted octanol–water partition coefficient (Wildman–Crippen LogP) is 1.51. The summed E-state index contributed by atoms with van der Waals surface area (Å²) in [5.41, 5.74) is 0.377. The molecule has 1 aliphatic rings. The minimum absolute atomic E-state index is 0.238. The molecule has 0 spiro atoms. The normalized spacial score (nSPS) is 17.0. The van der Waals surface area contributed by atoms with Crippen LogP contribution in [0.15, 0.2) is 10.9 Å². The lowest BCUT2D eigenvalue weighted by atomic mass is 10.1. The number of halogens is 3. The Morgan fingerprint density at radius 2 is 1.96 bits per heavy atom. The minimum Gasteiger partial charge on any atom is -0.347 e. The van der Waals surface area contributed by atoms with E-state index in [1.807, 2.05) is 11.8 Å². The molecule has 2 aromatic rings. The van der Waals surface area contributed by atoms with E-state index in [1.165, 1.54) is 21.9 Å². The third-order valence-electron chi connectivity index (χ3n) is 4.55. The fourth-order valence-corrected chi connectivity index (χ4v) is 5.30. The second kappa shape index (κ2) is 7.59. The Balaban J connectivity index is 1.77. The van der Waals surface area contributed by atoms with Crippen LogP contribution >= 0.6 is 11.3 Å². The van der Waals surface area contributed by atoms with Gasteiger partial charge in [-0.15, -0.1) is 5.10 Å². The van der Waals surface area contributed by atoms with E-state index in [0.29, 0.717) is 39.6 Å². The van der Waals surface area contributed by atoms with Gasteiger partial charge in [-0.2, -0.15) is 22.0 Å². The molecule has 1 aliphatic heterocycles. The predicted molar refractivity (Wildman–Crippen MR) is 99.4 cm³/mol. The van der Waals surface area contributed by atoms with Crippen molar-refractivity contribution in [1.82, 2.24) is 18.9 Å². The lowest BCUT2D eigenvalue weighted by Gasteiger charge is -2.37. The lowest BCUT2D eigenvalue weighted by Crippen LogP contribution is -2.50. The third kappa shape index (κ3) is 4.63. The highest BCUT2D eigenvalue weighted by molar-refractivity contribution is 7.88. The van der Waals surface area contributed by atoms with E-state index in [2.05, 4.69) is 10.1 Å². The molecule has 0 unspecified atom stereocenters. The van der Waals surface area contributed by atoms with E-state index in [-0.39, 0.29) is 18.4 Å². The maximum atomic E-state index is 12.8. The fourth-order valence-electron chi connectivity index (χ4n) is 3.19. The SMILES string of the molecule is CCc1cc(=O)n2nc(N3CCC(N(CC(F)(F)F)S(C)(=O)=O)CC3)sc2n1. The summed E-state index contributed by atoms with van der Waals surface area (Å²) in [4.78, 5) is 18.8. The number of rotatable bonds is 5. The number of hydrogen-bond donors (Lipinski definition) is 0. The first-order valence-electron chi connectivity index (χ1n) is 8.66. The van der Waals surface area contributed by atoms with Crippen LogP contribution in [0.2, 0.25) is 0 Å². The maximum absolute atomic E-state index is 12.8. The Kier molecular flexibility index (Phi) is 5.69. The topological polar surface area (TPSA) is 87.9 Å². The highest BCUT2D eigenvalue weighted by Crippen LogP contribution is 2.29.